The number of methoxy groups -OCH3 is 2. The quantitative estimate of drug-likeness (QED) is 0.618. The van der Waals surface area contributed by atoms with Crippen LogP contribution in [0.1, 0.15) is 25.0 Å². The third kappa shape index (κ3) is 4.82. The Morgan fingerprint density at radius 2 is 1.61 bits per heavy atom. The highest BCUT2D eigenvalue weighted by atomic mass is 16.5. The lowest BCUT2D eigenvalue weighted by molar-refractivity contribution is -0.138. The van der Waals surface area contributed by atoms with Crippen LogP contribution in [0.25, 0.3) is 5.57 Å². The van der Waals surface area contributed by atoms with Crippen molar-refractivity contribution in [2.24, 2.45) is 5.92 Å². The van der Waals surface area contributed by atoms with E-state index in [0.29, 0.717) is 41.8 Å². The molecule has 0 unspecified atom stereocenters. The fourth-order valence-corrected chi connectivity index (χ4v) is 3.28. The minimum atomic E-state index is -0.694. The standard InChI is InChI=1S/C24H27NO6/c1-15(2)14-31-18-8-6-17(7-9-18)21-22(26)24(28)25(23(21)27)12-11-16-5-10-19(29-3)20(13-16)30-4/h5-10,13,15,26H,11-12,14H2,1-4H3. The molecule has 0 spiro atoms. The van der Waals surface area contributed by atoms with Gasteiger partial charge >= 0.3 is 0 Å². The number of rotatable bonds is 9. The van der Waals surface area contributed by atoms with Crippen molar-refractivity contribution in [3.05, 3.63) is 59.4 Å². The second-order valence-corrected chi connectivity index (χ2v) is 7.65. The Morgan fingerprint density at radius 1 is 0.935 bits per heavy atom. The van der Waals surface area contributed by atoms with Crippen LogP contribution in [0.4, 0.5) is 0 Å². The molecule has 0 radical (unpaired) electrons. The number of ether oxygens (including phenoxy) is 3. The van der Waals surface area contributed by atoms with Gasteiger partial charge in [-0.15, -0.1) is 0 Å². The molecule has 1 heterocycles. The lowest BCUT2D eigenvalue weighted by atomic mass is 10.1. The Bertz CT molecular complexity index is 994. The molecule has 2 aromatic carbocycles. The van der Waals surface area contributed by atoms with Gasteiger partial charge in [-0.2, -0.15) is 0 Å². The van der Waals surface area contributed by atoms with Gasteiger partial charge in [0.1, 0.15) is 5.75 Å². The number of nitrogens with zero attached hydrogens (tertiary/aromatic N) is 1. The molecule has 0 aromatic heterocycles. The van der Waals surface area contributed by atoms with Crippen LogP contribution in [-0.2, 0) is 16.0 Å². The smallest absolute Gasteiger partial charge is 0.296 e. The lowest BCUT2D eigenvalue weighted by Crippen LogP contribution is -2.33. The van der Waals surface area contributed by atoms with Crippen LogP contribution in [0.3, 0.4) is 0 Å². The van der Waals surface area contributed by atoms with Crippen LogP contribution in [-0.4, -0.2) is 49.2 Å². The number of carbonyl (C=O) groups is 2. The molecular formula is C24H27NO6. The molecule has 0 saturated heterocycles. The second-order valence-electron chi connectivity index (χ2n) is 7.65. The van der Waals surface area contributed by atoms with Crippen LogP contribution in [0.15, 0.2) is 48.2 Å². The summed E-state index contributed by atoms with van der Waals surface area (Å²) in [5.74, 6) is 0.481. The normalized spacial score (nSPS) is 13.9. The largest absolute Gasteiger partial charge is 0.502 e. The summed E-state index contributed by atoms with van der Waals surface area (Å²) in [6.45, 7) is 4.82. The molecule has 0 aliphatic carbocycles. The van der Waals surface area contributed by atoms with Gasteiger partial charge in [-0.25, -0.2) is 0 Å². The molecule has 1 N–H and O–H groups in total. The Kier molecular flexibility index (Phi) is 6.84. The van der Waals surface area contributed by atoms with Crippen LogP contribution >= 0.6 is 0 Å². The van der Waals surface area contributed by atoms with Crippen LogP contribution in [0.2, 0.25) is 0 Å². The summed E-state index contributed by atoms with van der Waals surface area (Å²) in [5.41, 5.74) is 1.35. The zero-order chi connectivity index (χ0) is 22.5. The van der Waals surface area contributed by atoms with Crippen molar-refractivity contribution in [2.75, 3.05) is 27.4 Å². The van der Waals surface area contributed by atoms with Crippen molar-refractivity contribution in [3.63, 3.8) is 0 Å². The van der Waals surface area contributed by atoms with Gasteiger partial charge in [0.2, 0.25) is 0 Å². The molecule has 1 aliphatic heterocycles. The minimum Gasteiger partial charge on any atom is -0.502 e. The van der Waals surface area contributed by atoms with E-state index >= 15 is 0 Å². The maximum Gasteiger partial charge on any atom is 0.296 e. The summed E-state index contributed by atoms with van der Waals surface area (Å²) in [4.78, 5) is 26.5. The topological polar surface area (TPSA) is 85.3 Å². The van der Waals surface area contributed by atoms with Gasteiger partial charge in [0, 0.05) is 6.54 Å². The summed E-state index contributed by atoms with van der Waals surface area (Å²) in [7, 11) is 3.10. The summed E-state index contributed by atoms with van der Waals surface area (Å²) in [5, 5.41) is 10.3. The van der Waals surface area contributed by atoms with Gasteiger partial charge in [-0.05, 0) is 47.7 Å². The van der Waals surface area contributed by atoms with Gasteiger partial charge in [0.25, 0.3) is 11.8 Å². The minimum absolute atomic E-state index is 0.00715. The Hall–Kier alpha value is -3.48. The van der Waals surface area contributed by atoms with Gasteiger partial charge in [-0.1, -0.05) is 32.0 Å². The van der Waals surface area contributed by atoms with E-state index < -0.39 is 17.6 Å². The molecule has 1 aliphatic rings. The molecule has 0 atom stereocenters. The van der Waals surface area contributed by atoms with Crippen LogP contribution < -0.4 is 14.2 Å². The van der Waals surface area contributed by atoms with E-state index in [2.05, 4.69) is 13.8 Å². The highest BCUT2D eigenvalue weighted by Gasteiger charge is 2.38. The lowest BCUT2D eigenvalue weighted by Gasteiger charge is -2.15. The number of imide groups is 1. The van der Waals surface area contributed by atoms with Crippen molar-refractivity contribution in [2.45, 2.75) is 20.3 Å². The molecule has 164 valence electrons. The van der Waals surface area contributed by atoms with E-state index in [-0.39, 0.29) is 12.1 Å². The van der Waals surface area contributed by atoms with Crippen molar-refractivity contribution in [1.82, 2.24) is 4.90 Å². The number of aliphatic hydroxyl groups excluding tert-OH is 1. The molecule has 2 aromatic rings. The van der Waals surface area contributed by atoms with E-state index in [1.165, 1.54) is 0 Å². The first-order valence-electron chi connectivity index (χ1n) is 10.1. The fourth-order valence-electron chi connectivity index (χ4n) is 3.28. The van der Waals surface area contributed by atoms with Gasteiger partial charge in [-0.3, -0.25) is 14.5 Å². The van der Waals surface area contributed by atoms with E-state index in [1.807, 2.05) is 6.07 Å². The number of hydrogen-bond donors (Lipinski definition) is 1. The maximum absolute atomic E-state index is 12.9. The molecule has 31 heavy (non-hydrogen) atoms. The molecule has 0 fully saturated rings. The SMILES string of the molecule is COc1ccc(CCN2C(=O)C(O)=C(c3ccc(OCC(C)C)cc3)C2=O)cc1OC. The second kappa shape index (κ2) is 9.55. The third-order valence-corrected chi connectivity index (χ3v) is 4.94. The summed E-state index contributed by atoms with van der Waals surface area (Å²) >= 11 is 0. The Labute approximate surface area is 181 Å². The van der Waals surface area contributed by atoms with Gasteiger partial charge < -0.3 is 19.3 Å². The molecule has 3 rings (SSSR count). The predicted molar refractivity (Wildman–Crippen MR) is 116 cm³/mol. The van der Waals surface area contributed by atoms with Crippen LogP contribution in [0, 0.1) is 5.92 Å². The Balaban J connectivity index is 1.71. The summed E-state index contributed by atoms with van der Waals surface area (Å²) < 4.78 is 16.2. The average molecular weight is 425 g/mol. The zero-order valence-corrected chi connectivity index (χ0v) is 18.2. The predicted octanol–water partition coefficient (Wildman–Crippen LogP) is 3.62. The molecule has 2 amide bonds. The highest BCUT2D eigenvalue weighted by Crippen LogP contribution is 2.31. The van der Waals surface area contributed by atoms with E-state index in [0.717, 1.165) is 10.5 Å². The van der Waals surface area contributed by atoms with E-state index in [9.17, 15) is 14.7 Å². The first-order valence-corrected chi connectivity index (χ1v) is 10.1. The fraction of sp³-hybridized carbons (Fsp3) is 0.333. The summed E-state index contributed by atoms with van der Waals surface area (Å²) in [6.07, 6.45) is 0.417. The number of amides is 2. The van der Waals surface area contributed by atoms with Crippen molar-refractivity contribution < 1.29 is 28.9 Å². The van der Waals surface area contributed by atoms with Crippen molar-refractivity contribution in [1.29, 1.82) is 0 Å². The van der Waals surface area contributed by atoms with Crippen LogP contribution in [0.5, 0.6) is 17.2 Å². The first kappa shape index (κ1) is 22.2. The third-order valence-electron chi connectivity index (χ3n) is 4.94. The number of benzene rings is 2. The summed E-state index contributed by atoms with van der Waals surface area (Å²) in [6, 6.07) is 12.2. The Morgan fingerprint density at radius 3 is 2.23 bits per heavy atom. The number of carbonyl (C=O) groups excluding carboxylic acids is 2. The number of hydrogen-bond acceptors (Lipinski definition) is 6. The molecular weight excluding hydrogens is 398 g/mol. The van der Waals surface area contributed by atoms with Crippen molar-refractivity contribution >= 4 is 17.4 Å². The highest BCUT2D eigenvalue weighted by molar-refractivity contribution is 6.34. The molecule has 0 saturated carbocycles. The van der Waals surface area contributed by atoms with E-state index in [4.69, 9.17) is 14.2 Å². The van der Waals surface area contributed by atoms with Crippen molar-refractivity contribution in [3.8, 4) is 17.2 Å². The monoisotopic (exact) mass is 425 g/mol. The zero-order valence-electron chi connectivity index (χ0n) is 18.2. The first-order chi connectivity index (χ1) is 14.8. The van der Waals surface area contributed by atoms with Gasteiger partial charge in [0.15, 0.2) is 17.3 Å². The molecule has 7 heteroatoms. The van der Waals surface area contributed by atoms with Gasteiger partial charge in [0.05, 0.1) is 26.4 Å². The number of aliphatic hydroxyl groups is 1. The molecule has 7 nitrogen and oxygen atoms in total. The average Bonchev–Trinajstić information content (AvgIpc) is 2.98. The molecule has 0 bridgehead atoms. The maximum atomic E-state index is 12.9. The van der Waals surface area contributed by atoms with E-state index in [1.54, 1.807) is 50.6 Å².